The molecule has 0 heterocycles. The summed E-state index contributed by atoms with van der Waals surface area (Å²) >= 11 is 19.7. The number of alkyl halides is 3. The minimum atomic E-state index is -4.43. The Morgan fingerprint density at radius 1 is 0.850 bits per heavy atom. The van der Waals surface area contributed by atoms with Gasteiger partial charge in [-0.2, -0.15) is 13.2 Å². The Balaban J connectivity index is 2.68. The topological polar surface area (TPSA) is 0 Å². The lowest BCUT2D eigenvalue weighted by molar-refractivity contribution is -0.137. The number of hydrogen-bond donors (Lipinski definition) is 0. The molecule has 0 radical (unpaired) electrons. The molecule has 0 amide bonds. The molecule has 2 aromatic carbocycles. The van der Waals surface area contributed by atoms with Gasteiger partial charge in [0.25, 0.3) is 0 Å². The predicted octanol–water partition coefficient (Wildman–Crippen LogP) is 6.94. The van der Waals surface area contributed by atoms with Gasteiger partial charge in [0, 0.05) is 14.2 Å². The molecule has 106 valence electrons. The van der Waals surface area contributed by atoms with Crippen molar-refractivity contribution in [1.82, 2.24) is 0 Å². The van der Waals surface area contributed by atoms with Crippen LogP contribution in [0.25, 0.3) is 11.1 Å². The van der Waals surface area contributed by atoms with E-state index in [1.165, 1.54) is 12.1 Å². The van der Waals surface area contributed by atoms with Gasteiger partial charge in [-0.1, -0.05) is 34.8 Å². The number of benzene rings is 2. The number of hydrogen-bond acceptors (Lipinski definition) is 0. The average Bonchev–Trinajstić information content (AvgIpc) is 2.25. The molecule has 0 aliphatic rings. The maximum absolute atomic E-state index is 12.8. The molecule has 2 rings (SSSR count). The van der Waals surface area contributed by atoms with E-state index in [9.17, 15) is 13.2 Å². The standard InChI is InChI=1S/C13H5Cl3F3I/c14-8-4-10(15)12(11(16)5-8)6-1-7(13(17,18)19)3-9(20)2-6/h1-5H. The van der Waals surface area contributed by atoms with Gasteiger partial charge in [0.2, 0.25) is 0 Å². The summed E-state index contributed by atoms with van der Waals surface area (Å²) < 4.78 is 39.0. The highest BCUT2D eigenvalue weighted by molar-refractivity contribution is 14.1. The van der Waals surface area contributed by atoms with Crippen LogP contribution in [-0.2, 0) is 6.18 Å². The van der Waals surface area contributed by atoms with E-state index in [-0.39, 0.29) is 10.0 Å². The molecule has 0 saturated carbocycles. The fraction of sp³-hybridized carbons (Fsp3) is 0.0769. The Kier molecular flexibility index (Phi) is 4.79. The van der Waals surface area contributed by atoms with E-state index in [0.29, 0.717) is 19.7 Å². The summed E-state index contributed by atoms with van der Waals surface area (Å²) in [5.74, 6) is 0. The van der Waals surface area contributed by atoms with E-state index < -0.39 is 11.7 Å². The highest BCUT2D eigenvalue weighted by atomic mass is 127. The number of halogens is 7. The minimum absolute atomic E-state index is 0.206. The van der Waals surface area contributed by atoms with Gasteiger partial charge < -0.3 is 0 Å². The van der Waals surface area contributed by atoms with Gasteiger partial charge in [-0.05, 0) is 58.5 Å². The summed E-state index contributed by atoms with van der Waals surface area (Å²) in [6.45, 7) is 0. The molecule has 0 bridgehead atoms. The van der Waals surface area contributed by atoms with Crippen molar-refractivity contribution in [2.45, 2.75) is 6.18 Å². The summed E-state index contributed by atoms with van der Waals surface area (Å²) in [5.41, 5.74) is -0.112. The van der Waals surface area contributed by atoms with Gasteiger partial charge in [0.15, 0.2) is 0 Å². The summed E-state index contributed by atoms with van der Waals surface area (Å²) in [7, 11) is 0. The van der Waals surface area contributed by atoms with E-state index in [2.05, 4.69) is 0 Å². The van der Waals surface area contributed by atoms with Crippen molar-refractivity contribution >= 4 is 57.4 Å². The van der Waals surface area contributed by atoms with E-state index in [1.54, 1.807) is 6.07 Å². The van der Waals surface area contributed by atoms with Crippen molar-refractivity contribution in [3.05, 3.63) is 54.5 Å². The first kappa shape index (κ1) is 16.2. The Morgan fingerprint density at radius 2 is 1.40 bits per heavy atom. The Bertz CT molecular complexity index is 645. The van der Waals surface area contributed by atoms with Gasteiger partial charge in [0.1, 0.15) is 0 Å². The summed E-state index contributed by atoms with van der Waals surface area (Å²) in [5, 5.41) is 0.737. The summed E-state index contributed by atoms with van der Waals surface area (Å²) in [6.07, 6.45) is -4.43. The van der Waals surface area contributed by atoms with Crippen LogP contribution in [0.15, 0.2) is 30.3 Å². The lowest BCUT2D eigenvalue weighted by atomic mass is 10.0. The molecule has 0 aromatic heterocycles. The third kappa shape index (κ3) is 3.53. The van der Waals surface area contributed by atoms with Crippen LogP contribution >= 0.6 is 57.4 Å². The zero-order valence-electron chi connectivity index (χ0n) is 9.53. The molecule has 0 N–H and O–H groups in total. The van der Waals surface area contributed by atoms with E-state index >= 15 is 0 Å². The second-order valence-corrected chi connectivity index (χ2v) is 6.47. The lowest BCUT2D eigenvalue weighted by Crippen LogP contribution is -2.05. The first-order valence-electron chi connectivity index (χ1n) is 5.21. The van der Waals surface area contributed by atoms with Crippen molar-refractivity contribution in [2.75, 3.05) is 0 Å². The van der Waals surface area contributed by atoms with Crippen LogP contribution < -0.4 is 0 Å². The summed E-state index contributed by atoms with van der Waals surface area (Å²) in [6, 6.07) is 6.54. The van der Waals surface area contributed by atoms with Crippen molar-refractivity contribution in [3.63, 3.8) is 0 Å². The third-order valence-corrected chi connectivity index (χ3v) is 3.96. The highest BCUT2D eigenvalue weighted by Crippen LogP contribution is 2.40. The Morgan fingerprint density at radius 3 is 1.90 bits per heavy atom. The van der Waals surface area contributed by atoms with Crippen molar-refractivity contribution in [3.8, 4) is 11.1 Å². The second kappa shape index (κ2) is 5.91. The maximum Gasteiger partial charge on any atom is 0.416 e. The molecule has 0 saturated heterocycles. The van der Waals surface area contributed by atoms with Crippen molar-refractivity contribution in [1.29, 1.82) is 0 Å². The SMILES string of the molecule is FC(F)(F)c1cc(I)cc(-c2c(Cl)cc(Cl)cc2Cl)c1. The van der Waals surface area contributed by atoms with Crippen LogP contribution in [0.5, 0.6) is 0 Å². The van der Waals surface area contributed by atoms with Crippen LogP contribution in [0.3, 0.4) is 0 Å². The molecule has 20 heavy (non-hydrogen) atoms. The average molecular weight is 451 g/mol. The number of rotatable bonds is 1. The van der Waals surface area contributed by atoms with Gasteiger partial charge in [-0.15, -0.1) is 0 Å². The first-order valence-corrected chi connectivity index (χ1v) is 7.42. The molecule has 2 aromatic rings. The zero-order valence-corrected chi connectivity index (χ0v) is 14.0. The van der Waals surface area contributed by atoms with Crippen molar-refractivity contribution in [2.24, 2.45) is 0 Å². The molecule has 0 nitrogen and oxygen atoms in total. The Labute approximate surface area is 142 Å². The van der Waals surface area contributed by atoms with Gasteiger partial charge in [-0.3, -0.25) is 0 Å². The second-order valence-electron chi connectivity index (χ2n) is 3.97. The van der Waals surface area contributed by atoms with E-state index in [4.69, 9.17) is 34.8 Å². The fourth-order valence-corrected chi connectivity index (χ4v) is 3.42. The molecule has 0 spiro atoms. The maximum atomic E-state index is 12.8. The molecular weight excluding hydrogens is 446 g/mol. The molecule has 0 aliphatic heterocycles. The fourth-order valence-electron chi connectivity index (χ4n) is 1.72. The third-order valence-electron chi connectivity index (χ3n) is 2.52. The normalized spacial score (nSPS) is 11.8. The molecule has 7 heteroatoms. The van der Waals surface area contributed by atoms with Crippen LogP contribution in [-0.4, -0.2) is 0 Å². The molecule has 0 aliphatic carbocycles. The highest BCUT2D eigenvalue weighted by Gasteiger charge is 2.31. The smallest absolute Gasteiger partial charge is 0.166 e. The van der Waals surface area contributed by atoms with Crippen LogP contribution in [0.1, 0.15) is 5.56 Å². The zero-order chi connectivity index (χ0) is 15.1. The molecule has 0 fully saturated rings. The van der Waals surface area contributed by atoms with Gasteiger partial charge >= 0.3 is 6.18 Å². The monoisotopic (exact) mass is 450 g/mol. The molecule has 0 atom stereocenters. The van der Waals surface area contributed by atoms with E-state index in [1.807, 2.05) is 22.6 Å². The predicted molar refractivity (Wildman–Crippen MR) is 84.6 cm³/mol. The Hall–Kier alpha value is -0.170. The van der Waals surface area contributed by atoms with Crippen molar-refractivity contribution < 1.29 is 13.2 Å². The van der Waals surface area contributed by atoms with Crippen LogP contribution in [0.4, 0.5) is 13.2 Å². The van der Waals surface area contributed by atoms with Crippen LogP contribution in [0, 0.1) is 3.57 Å². The minimum Gasteiger partial charge on any atom is -0.166 e. The van der Waals surface area contributed by atoms with Gasteiger partial charge in [-0.25, -0.2) is 0 Å². The molecule has 0 unspecified atom stereocenters. The van der Waals surface area contributed by atoms with E-state index in [0.717, 1.165) is 12.1 Å². The quantitative estimate of drug-likeness (QED) is 0.412. The largest absolute Gasteiger partial charge is 0.416 e. The molecular formula is C13H5Cl3F3I. The van der Waals surface area contributed by atoms with Gasteiger partial charge in [0.05, 0.1) is 15.6 Å². The summed E-state index contributed by atoms with van der Waals surface area (Å²) in [4.78, 5) is 0. The first-order chi connectivity index (χ1) is 9.18. The lowest BCUT2D eigenvalue weighted by Gasteiger charge is -2.12. The van der Waals surface area contributed by atoms with Crippen LogP contribution in [0.2, 0.25) is 15.1 Å².